The highest BCUT2D eigenvalue weighted by Crippen LogP contribution is 2.04. The molecule has 1 aliphatic rings. The van der Waals surface area contributed by atoms with Gasteiger partial charge >= 0.3 is 0 Å². The lowest BCUT2D eigenvalue weighted by Gasteiger charge is -2.22. The van der Waals surface area contributed by atoms with Crippen LogP contribution < -0.4 is 10.6 Å². The van der Waals surface area contributed by atoms with Gasteiger partial charge in [0.25, 0.3) is 0 Å². The van der Waals surface area contributed by atoms with Crippen molar-refractivity contribution in [3.63, 3.8) is 0 Å². The van der Waals surface area contributed by atoms with E-state index in [0.29, 0.717) is 6.04 Å². The molecule has 0 saturated carbocycles. The van der Waals surface area contributed by atoms with E-state index in [2.05, 4.69) is 29.5 Å². The summed E-state index contributed by atoms with van der Waals surface area (Å²) in [4.78, 5) is 4.43. The molecule has 0 fully saturated rings. The summed E-state index contributed by atoms with van der Waals surface area (Å²) in [6.07, 6.45) is 6.14. The SMILES string of the molecule is CCCC(CCC)NC1=NCCCN1. The summed E-state index contributed by atoms with van der Waals surface area (Å²) in [5.41, 5.74) is 0. The Bertz CT molecular complexity index is 171. The van der Waals surface area contributed by atoms with Gasteiger partial charge < -0.3 is 10.6 Å². The average molecular weight is 197 g/mol. The van der Waals surface area contributed by atoms with Crippen LogP contribution in [-0.2, 0) is 0 Å². The molecule has 0 radical (unpaired) electrons. The molecule has 0 spiro atoms. The van der Waals surface area contributed by atoms with Crippen molar-refractivity contribution in [1.82, 2.24) is 10.6 Å². The molecule has 0 aromatic heterocycles. The van der Waals surface area contributed by atoms with Crippen molar-refractivity contribution >= 4 is 5.96 Å². The molecule has 2 N–H and O–H groups in total. The van der Waals surface area contributed by atoms with Gasteiger partial charge in [-0.2, -0.15) is 0 Å². The first-order valence-corrected chi connectivity index (χ1v) is 5.91. The summed E-state index contributed by atoms with van der Waals surface area (Å²) < 4.78 is 0. The first-order chi connectivity index (χ1) is 6.86. The summed E-state index contributed by atoms with van der Waals surface area (Å²) in [6.45, 7) is 6.51. The normalized spacial score (nSPS) is 16.4. The van der Waals surface area contributed by atoms with E-state index in [1.807, 2.05) is 0 Å². The van der Waals surface area contributed by atoms with Crippen LogP contribution in [0.25, 0.3) is 0 Å². The maximum atomic E-state index is 4.43. The van der Waals surface area contributed by atoms with Crippen molar-refractivity contribution in [3.8, 4) is 0 Å². The molecule has 0 aromatic rings. The van der Waals surface area contributed by atoms with Crippen molar-refractivity contribution < 1.29 is 0 Å². The lowest BCUT2D eigenvalue weighted by atomic mass is 10.1. The molecule has 0 bridgehead atoms. The summed E-state index contributed by atoms with van der Waals surface area (Å²) in [5, 5.41) is 6.80. The van der Waals surface area contributed by atoms with E-state index in [9.17, 15) is 0 Å². The molecule has 1 rings (SSSR count). The zero-order valence-electron chi connectivity index (χ0n) is 9.47. The minimum Gasteiger partial charge on any atom is -0.356 e. The van der Waals surface area contributed by atoms with Gasteiger partial charge in [0.05, 0.1) is 0 Å². The summed E-state index contributed by atoms with van der Waals surface area (Å²) in [6, 6.07) is 0.606. The minimum atomic E-state index is 0.606. The highest BCUT2D eigenvalue weighted by molar-refractivity contribution is 5.80. The maximum Gasteiger partial charge on any atom is 0.191 e. The molecule has 14 heavy (non-hydrogen) atoms. The van der Waals surface area contributed by atoms with Gasteiger partial charge in [-0.25, -0.2) is 0 Å². The van der Waals surface area contributed by atoms with Crippen molar-refractivity contribution in [2.24, 2.45) is 4.99 Å². The molecule has 0 saturated heterocycles. The third-order valence-corrected chi connectivity index (χ3v) is 2.51. The van der Waals surface area contributed by atoms with Gasteiger partial charge in [0, 0.05) is 19.1 Å². The van der Waals surface area contributed by atoms with Gasteiger partial charge in [0.1, 0.15) is 0 Å². The Morgan fingerprint density at radius 3 is 2.57 bits per heavy atom. The number of hydrogen-bond donors (Lipinski definition) is 2. The van der Waals surface area contributed by atoms with Crippen LogP contribution in [0.3, 0.4) is 0 Å². The van der Waals surface area contributed by atoms with E-state index in [4.69, 9.17) is 0 Å². The largest absolute Gasteiger partial charge is 0.356 e. The van der Waals surface area contributed by atoms with Crippen LogP contribution in [0.5, 0.6) is 0 Å². The average Bonchev–Trinajstić information content (AvgIpc) is 2.20. The zero-order chi connectivity index (χ0) is 10.2. The van der Waals surface area contributed by atoms with Gasteiger partial charge in [0.2, 0.25) is 0 Å². The molecule has 1 heterocycles. The van der Waals surface area contributed by atoms with Gasteiger partial charge in [-0.1, -0.05) is 26.7 Å². The van der Waals surface area contributed by atoms with Crippen LogP contribution >= 0.6 is 0 Å². The first kappa shape index (κ1) is 11.3. The van der Waals surface area contributed by atoms with Crippen molar-refractivity contribution in [2.75, 3.05) is 13.1 Å². The second-order valence-electron chi connectivity index (χ2n) is 3.93. The molecule has 0 aliphatic carbocycles. The second kappa shape index (κ2) is 6.68. The van der Waals surface area contributed by atoms with E-state index < -0.39 is 0 Å². The van der Waals surface area contributed by atoms with Gasteiger partial charge in [-0.15, -0.1) is 0 Å². The molecular formula is C11H23N3. The Kier molecular flexibility index (Phi) is 5.42. The Morgan fingerprint density at radius 2 is 2.07 bits per heavy atom. The smallest absolute Gasteiger partial charge is 0.191 e. The van der Waals surface area contributed by atoms with Gasteiger partial charge in [-0.3, -0.25) is 4.99 Å². The number of guanidine groups is 1. The molecule has 82 valence electrons. The quantitative estimate of drug-likeness (QED) is 0.706. The Morgan fingerprint density at radius 1 is 1.36 bits per heavy atom. The fourth-order valence-corrected chi connectivity index (χ4v) is 1.81. The topological polar surface area (TPSA) is 36.4 Å². The van der Waals surface area contributed by atoms with E-state index in [1.165, 1.54) is 25.7 Å². The first-order valence-electron chi connectivity index (χ1n) is 5.91. The third-order valence-electron chi connectivity index (χ3n) is 2.51. The van der Waals surface area contributed by atoms with Crippen molar-refractivity contribution in [2.45, 2.75) is 52.0 Å². The number of aliphatic imine (C=N–C) groups is 1. The molecule has 3 heteroatoms. The van der Waals surface area contributed by atoms with Crippen LogP contribution in [0, 0.1) is 0 Å². The number of hydrogen-bond acceptors (Lipinski definition) is 3. The molecule has 1 aliphatic heterocycles. The predicted molar refractivity (Wildman–Crippen MR) is 61.7 cm³/mol. The number of nitrogens with zero attached hydrogens (tertiary/aromatic N) is 1. The molecule has 0 atom stereocenters. The lowest BCUT2D eigenvalue weighted by molar-refractivity contribution is 0.498. The van der Waals surface area contributed by atoms with Gasteiger partial charge in [-0.05, 0) is 19.3 Å². The molecule has 0 unspecified atom stereocenters. The van der Waals surface area contributed by atoms with Crippen LogP contribution in [0.15, 0.2) is 4.99 Å². The lowest BCUT2D eigenvalue weighted by Crippen LogP contribution is -2.45. The Hall–Kier alpha value is -0.730. The van der Waals surface area contributed by atoms with Crippen LogP contribution in [-0.4, -0.2) is 25.1 Å². The fourth-order valence-electron chi connectivity index (χ4n) is 1.81. The Balaban J connectivity index is 2.32. The molecular weight excluding hydrogens is 174 g/mol. The second-order valence-corrected chi connectivity index (χ2v) is 3.93. The highest BCUT2D eigenvalue weighted by atomic mass is 15.2. The van der Waals surface area contributed by atoms with Crippen LogP contribution in [0.4, 0.5) is 0 Å². The third kappa shape index (κ3) is 3.99. The van der Waals surface area contributed by atoms with Crippen LogP contribution in [0.2, 0.25) is 0 Å². The molecule has 0 aromatic carbocycles. The summed E-state index contributed by atoms with van der Waals surface area (Å²) in [5.74, 6) is 1.02. The van der Waals surface area contributed by atoms with E-state index >= 15 is 0 Å². The summed E-state index contributed by atoms with van der Waals surface area (Å²) >= 11 is 0. The molecule has 0 amide bonds. The van der Waals surface area contributed by atoms with E-state index in [-0.39, 0.29) is 0 Å². The Labute approximate surface area is 87.4 Å². The highest BCUT2D eigenvalue weighted by Gasteiger charge is 2.10. The monoisotopic (exact) mass is 197 g/mol. The number of nitrogens with one attached hydrogen (secondary N) is 2. The van der Waals surface area contributed by atoms with Gasteiger partial charge in [0.15, 0.2) is 5.96 Å². The molecule has 3 nitrogen and oxygen atoms in total. The van der Waals surface area contributed by atoms with E-state index in [1.54, 1.807) is 0 Å². The van der Waals surface area contributed by atoms with E-state index in [0.717, 1.165) is 25.5 Å². The van der Waals surface area contributed by atoms with Crippen molar-refractivity contribution in [1.29, 1.82) is 0 Å². The number of rotatable bonds is 5. The predicted octanol–water partition coefficient (Wildman–Crippen LogP) is 1.89. The fraction of sp³-hybridized carbons (Fsp3) is 0.909. The standard InChI is InChI=1S/C11H23N3/c1-3-6-10(7-4-2)14-11-12-8-5-9-13-11/h10H,3-9H2,1-2H3,(H2,12,13,14). The minimum absolute atomic E-state index is 0.606. The maximum absolute atomic E-state index is 4.43. The zero-order valence-corrected chi connectivity index (χ0v) is 9.47. The summed E-state index contributed by atoms with van der Waals surface area (Å²) in [7, 11) is 0. The van der Waals surface area contributed by atoms with Crippen molar-refractivity contribution in [3.05, 3.63) is 0 Å². The van der Waals surface area contributed by atoms with Crippen LogP contribution in [0.1, 0.15) is 46.0 Å².